The molecule has 0 aliphatic carbocycles. The molecule has 1 aromatic heterocycles. The Kier molecular flexibility index (Phi) is 4.71. The lowest BCUT2D eigenvalue weighted by Gasteiger charge is -2.10. The maximum Gasteiger partial charge on any atom is 0.334 e. The van der Waals surface area contributed by atoms with Crippen LogP contribution in [0.5, 0.6) is 0 Å². The van der Waals surface area contributed by atoms with Gasteiger partial charge in [0.15, 0.2) is 6.10 Å². The Labute approximate surface area is 98.9 Å². The van der Waals surface area contributed by atoms with Crippen molar-refractivity contribution in [2.75, 3.05) is 6.54 Å². The van der Waals surface area contributed by atoms with Crippen molar-refractivity contribution in [1.29, 1.82) is 0 Å². The minimum atomic E-state index is -1.58. The predicted molar refractivity (Wildman–Crippen MR) is 60.7 cm³/mol. The molecule has 6 heteroatoms. The molecule has 94 valence electrons. The summed E-state index contributed by atoms with van der Waals surface area (Å²) in [5.41, 5.74) is 0.462. The molecule has 0 fully saturated rings. The molecule has 1 rings (SSSR count). The molecular formula is C11H16N2O4. The summed E-state index contributed by atoms with van der Waals surface area (Å²) in [6, 6.07) is 3.40. The number of aliphatic carboxylic acids is 1. The molecule has 0 saturated heterocycles. The average molecular weight is 240 g/mol. The lowest BCUT2D eigenvalue weighted by molar-refractivity contribution is -0.146. The van der Waals surface area contributed by atoms with Gasteiger partial charge in [0.25, 0.3) is 5.91 Å². The Balaban J connectivity index is 2.57. The first-order valence-electron chi connectivity index (χ1n) is 5.40. The van der Waals surface area contributed by atoms with E-state index in [1.807, 2.05) is 6.92 Å². The van der Waals surface area contributed by atoms with E-state index in [0.717, 1.165) is 13.0 Å². The van der Waals surface area contributed by atoms with Crippen molar-refractivity contribution >= 4 is 11.9 Å². The summed E-state index contributed by atoms with van der Waals surface area (Å²) in [7, 11) is 0. The Morgan fingerprint density at radius 2 is 2.24 bits per heavy atom. The van der Waals surface area contributed by atoms with E-state index in [4.69, 9.17) is 10.2 Å². The second-order valence-electron chi connectivity index (χ2n) is 3.65. The van der Waals surface area contributed by atoms with Gasteiger partial charge in [-0.3, -0.25) is 4.79 Å². The molecule has 3 N–H and O–H groups in total. The third-order valence-electron chi connectivity index (χ3n) is 2.27. The molecule has 0 saturated carbocycles. The van der Waals surface area contributed by atoms with Crippen LogP contribution in [0.25, 0.3) is 0 Å². The number of nitrogens with zero attached hydrogens (tertiary/aromatic N) is 1. The number of carboxylic acids is 1. The zero-order chi connectivity index (χ0) is 12.8. The number of hydrogen-bond acceptors (Lipinski definition) is 3. The topological polar surface area (TPSA) is 91.6 Å². The van der Waals surface area contributed by atoms with E-state index in [0.29, 0.717) is 5.69 Å². The highest BCUT2D eigenvalue weighted by molar-refractivity contribution is 5.93. The predicted octanol–water partition coefficient (Wildman–Crippen LogP) is 0.0734. The van der Waals surface area contributed by atoms with E-state index in [1.165, 1.54) is 0 Å². The third-order valence-corrected chi connectivity index (χ3v) is 2.27. The van der Waals surface area contributed by atoms with E-state index >= 15 is 0 Å². The Morgan fingerprint density at radius 3 is 2.82 bits per heavy atom. The highest BCUT2D eigenvalue weighted by Crippen LogP contribution is 2.03. The number of aliphatic hydroxyl groups excluding tert-OH is 1. The van der Waals surface area contributed by atoms with Crippen LogP contribution in [0.4, 0.5) is 0 Å². The van der Waals surface area contributed by atoms with Gasteiger partial charge in [0, 0.05) is 12.7 Å². The number of aryl methyl sites for hydroxylation is 1. The van der Waals surface area contributed by atoms with Crippen LogP contribution >= 0.6 is 0 Å². The van der Waals surface area contributed by atoms with Gasteiger partial charge in [-0.05, 0) is 18.6 Å². The first kappa shape index (κ1) is 13.2. The summed E-state index contributed by atoms with van der Waals surface area (Å²) in [6.07, 6.45) is 1.10. The molecule has 1 amide bonds. The number of hydrogen-bond donors (Lipinski definition) is 3. The molecule has 0 aromatic carbocycles. The van der Waals surface area contributed by atoms with Gasteiger partial charge in [-0.25, -0.2) is 4.79 Å². The van der Waals surface area contributed by atoms with Crippen LogP contribution in [0.15, 0.2) is 18.3 Å². The molecule has 6 nitrogen and oxygen atoms in total. The maximum absolute atomic E-state index is 11.7. The number of aliphatic hydroxyl groups is 1. The summed E-state index contributed by atoms with van der Waals surface area (Å²) >= 11 is 0. The van der Waals surface area contributed by atoms with Crippen LogP contribution < -0.4 is 5.32 Å². The van der Waals surface area contributed by atoms with Gasteiger partial charge < -0.3 is 20.1 Å². The Bertz CT molecular complexity index is 400. The number of amides is 1. The van der Waals surface area contributed by atoms with Gasteiger partial charge >= 0.3 is 5.97 Å². The average Bonchev–Trinajstić information content (AvgIpc) is 2.74. The molecule has 0 unspecified atom stereocenters. The Hall–Kier alpha value is -1.82. The Morgan fingerprint density at radius 1 is 1.53 bits per heavy atom. The van der Waals surface area contributed by atoms with Crippen LogP contribution in [0.3, 0.4) is 0 Å². The molecular weight excluding hydrogens is 224 g/mol. The molecule has 17 heavy (non-hydrogen) atoms. The van der Waals surface area contributed by atoms with Crippen molar-refractivity contribution < 1.29 is 19.8 Å². The third kappa shape index (κ3) is 3.60. The highest BCUT2D eigenvalue weighted by atomic mass is 16.4. The van der Waals surface area contributed by atoms with Gasteiger partial charge in [-0.15, -0.1) is 0 Å². The molecule has 1 heterocycles. The summed E-state index contributed by atoms with van der Waals surface area (Å²) in [5.74, 6) is -1.74. The molecule has 0 spiro atoms. The summed E-state index contributed by atoms with van der Waals surface area (Å²) in [6.45, 7) is 2.42. The second kappa shape index (κ2) is 6.05. The van der Waals surface area contributed by atoms with Crippen molar-refractivity contribution in [1.82, 2.24) is 9.88 Å². The van der Waals surface area contributed by atoms with Crippen LogP contribution in [-0.4, -0.2) is 39.3 Å². The fourth-order valence-electron chi connectivity index (χ4n) is 1.42. The first-order chi connectivity index (χ1) is 8.06. The van der Waals surface area contributed by atoms with Crippen molar-refractivity contribution in [3.63, 3.8) is 0 Å². The first-order valence-corrected chi connectivity index (χ1v) is 5.40. The van der Waals surface area contributed by atoms with Crippen LogP contribution in [0, 0.1) is 0 Å². The smallest absolute Gasteiger partial charge is 0.334 e. The molecule has 1 aromatic rings. The quantitative estimate of drug-likeness (QED) is 0.656. The zero-order valence-corrected chi connectivity index (χ0v) is 9.59. The van der Waals surface area contributed by atoms with E-state index < -0.39 is 12.1 Å². The van der Waals surface area contributed by atoms with Gasteiger partial charge in [0.05, 0.1) is 6.54 Å². The number of carboxylic acid groups (broad SMARTS) is 1. The standard InChI is InChI=1S/C11H16N2O4/c1-2-5-13-6-3-4-8(13)10(15)12-7-9(14)11(16)17/h3-4,6,9,14H,2,5,7H2,1H3,(H,12,15)(H,16,17)/t9-/m0/s1. The normalized spacial score (nSPS) is 12.1. The molecule has 0 aliphatic heterocycles. The van der Waals surface area contributed by atoms with Gasteiger partial charge in [0.1, 0.15) is 5.69 Å². The SMILES string of the molecule is CCCn1cccc1C(=O)NC[C@H](O)C(=O)O. The summed E-state index contributed by atoms with van der Waals surface area (Å²) in [4.78, 5) is 22.1. The van der Waals surface area contributed by atoms with Gasteiger partial charge in [0.2, 0.25) is 0 Å². The minimum absolute atomic E-state index is 0.300. The van der Waals surface area contributed by atoms with Crippen molar-refractivity contribution in [3.05, 3.63) is 24.0 Å². The lowest BCUT2D eigenvalue weighted by atomic mass is 10.3. The van der Waals surface area contributed by atoms with Crippen molar-refractivity contribution in [2.45, 2.75) is 26.0 Å². The number of carbonyl (C=O) groups excluding carboxylic acids is 1. The molecule has 0 aliphatic rings. The van der Waals surface area contributed by atoms with Gasteiger partial charge in [-0.2, -0.15) is 0 Å². The van der Waals surface area contributed by atoms with Crippen LogP contribution in [0.2, 0.25) is 0 Å². The van der Waals surface area contributed by atoms with Crippen molar-refractivity contribution in [2.24, 2.45) is 0 Å². The molecule has 0 bridgehead atoms. The summed E-state index contributed by atoms with van der Waals surface area (Å²) < 4.78 is 1.78. The molecule has 1 atom stereocenters. The van der Waals surface area contributed by atoms with E-state index in [2.05, 4.69) is 5.32 Å². The zero-order valence-electron chi connectivity index (χ0n) is 9.59. The molecule has 0 radical (unpaired) electrons. The second-order valence-corrected chi connectivity index (χ2v) is 3.65. The van der Waals surface area contributed by atoms with E-state index in [-0.39, 0.29) is 12.5 Å². The number of aromatic nitrogens is 1. The monoisotopic (exact) mass is 240 g/mol. The number of rotatable bonds is 6. The summed E-state index contributed by atoms with van der Waals surface area (Å²) in [5, 5.41) is 19.9. The largest absolute Gasteiger partial charge is 0.479 e. The van der Waals surface area contributed by atoms with Crippen LogP contribution in [-0.2, 0) is 11.3 Å². The van der Waals surface area contributed by atoms with E-state index in [9.17, 15) is 9.59 Å². The maximum atomic E-state index is 11.7. The van der Waals surface area contributed by atoms with Crippen molar-refractivity contribution in [3.8, 4) is 0 Å². The fraction of sp³-hybridized carbons (Fsp3) is 0.455. The van der Waals surface area contributed by atoms with Gasteiger partial charge in [-0.1, -0.05) is 6.92 Å². The number of carbonyl (C=O) groups is 2. The fourth-order valence-corrected chi connectivity index (χ4v) is 1.42. The van der Waals surface area contributed by atoms with Crippen LogP contribution in [0.1, 0.15) is 23.8 Å². The minimum Gasteiger partial charge on any atom is -0.479 e. The van der Waals surface area contributed by atoms with E-state index in [1.54, 1.807) is 22.9 Å². The highest BCUT2D eigenvalue weighted by Gasteiger charge is 2.16. The lowest BCUT2D eigenvalue weighted by Crippen LogP contribution is -2.37. The number of nitrogens with one attached hydrogen (secondary N) is 1.